The molecule has 0 aliphatic carbocycles. The minimum absolute atomic E-state index is 0.375. The van der Waals surface area contributed by atoms with Gasteiger partial charge in [-0.05, 0) is 0 Å². The van der Waals surface area contributed by atoms with Gasteiger partial charge in [0.25, 0.3) is 0 Å². The lowest BCUT2D eigenvalue weighted by Crippen LogP contribution is -1.71. The second kappa shape index (κ2) is 4.08. The Labute approximate surface area is 38.7 Å². The maximum Gasteiger partial charge on any atom is 0.0907 e. The number of alkyl halides is 1. The highest BCUT2D eigenvalue weighted by atomic mass is 79.9. The molecule has 0 bridgehead atoms. The number of hydrogen-bond donors (Lipinski definition) is 0. The van der Waals surface area contributed by atoms with Crippen LogP contribution in [0.25, 0.3) is 0 Å². The molecule has 0 aromatic carbocycles. The van der Waals surface area contributed by atoms with Gasteiger partial charge in [-0.2, -0.15) is 4.91 Å². The number of nitrogens with zero attached hydrogens (tertiary/aromatic N) is 1. The van der Waals surface area contributed by atoms with Gasteiger partial charge in [-0.3, -0.25) is 0 Å². The summed E-state index contributed by atoms with van der Waals surface area (Å²) in [5.74, 6) is 0. The summed E-state index contributed by atoms with van der Waals surface area (Å²) in [6.45, 7) is 0.375. The van der Waals surface area contributed by atoms with Crippen LogP contribution in [0.5, 0.6) is 0 Å². The van der Waals surface area contributed by atoms with Crippen molar-refractivity contribution in [3.8, 4) is 0 Å². The summed E-state index contributed by atoms with van der Waals surface area (Å²) in [5.41, 5.74) is 0. The Hall–Kier alpha value is 0.0800. The number of hydrogen-bond acceptors (Lipinski definition) is 2. The lowest BCUT2D eigenvalue weighted by atomic mass is 10.8. The fourth-order valence-electron chi connectivity index (χ4n) is 0.0345. The summed E-state index contributed by atoms with van der Waals surface area (Å²) >= 11 is 3.02. The van der Waals surface area contributed by atoms with Crippen molar-refractivity contribution < 1.29 is 0 Å². The fourth-order valence-corrected chi connectivity index (χ4v) is 0.179. The van der Waals surface area contributed by atoms with Crippen LogP contribution in [0.2, 0.25) is 0 Å². The molecule has 2 nitrogen and oxygen atoms in total. The third-order valence-corrected chi connectivity index (χ3v) is 0.530. The molecule has 0 aliphatic rings. The van der Waals surface area contributed by atoms with Gasteiger partial charge in [0.05, 0.1) is 6.54 Å². The molecule has 0 radical (unpaired) electrons. The average Bonchev–Trinajstić information content (AvgIpc) is 1.41. The molecule has 30 valence electrons. The van der Waals surface area contributed by atoms with Crippen molar-refractivity contribution in [2.45, 2.75) is 0 Å². The molecule has 0 aromatic heterocycles. The van der Waals surface area contributed by atoms with Crippen molar-refractivity contribution in [1.82, 2.24) is 0 Å². The Balaban J connectivity index is 2.40. The summed E-state index contributed by atoms with van der Waals surface area (Å²) in [6.07, 6.45) is 0. The van der Waals surface area contributed by atoms with E-state index in [2.05, 4.69) is 21.1 Å². The Morgan fingerprint density at radius 1 is 1.80 bits per heavy atom. The second-order valence-corrected chi connectivity index (χ2v) is 1.33. The van der Waals surface area contributed by atoms with Crippen molar-refractivity contribution in [3.05, 3.63) is 4.91 Å². The lowest BCUT2D eigenvalue weighted by Gasteiger charge is -1.66. The molecular weight excluding hydrogens is 134 g/mol. The van der Waals surface area contributed by atoms with E-state index in [9.17, 15) is 0 Å². The third kappa shape index (κ3) is 4.08. The molecule has 0 aromatic rings. The standard InChI is InChI=1S/C2H4BrNO/c3-1-2-4-5/h1-2H2. The molecule has 0 unspecified atom stereocenters. The van der Waals surface area contributed by atoms with Gasteiger partial charge >= 0.3 is 0 Å². The van der Waals surface area contributed by atoms with Gasteiger partial charge in [0.15, 0.2) is 0 Å². The van der Waals surface area contributed by atoms with Gasteiger partial charge in [-0.15, -0.1) is 0 Å². The van der Waals surface area contributed by atoms with E-state index in [-0.39, 0.29) is 0 Å². The van der Waals surface area contributed by atoms with Crippen molar-refractivity contribution in [2.75, 3.05) is 11.9 Å². The molecule has 0 atom stereocenters. The molecule has 0 fully saturated rings. The Kier molecular flexibility index (Phi) is 4.15. The van der Waals surface area contributed by atoms with Crippen molar-refractivity contribution in [3.63, 3.8) is 0 Å². The van der Waals surface area contributed by atoms with E-state index >= 15 is 0 Å². The van der Waals surface area contributed by atoms with Crippen LogP contribution in [0.4, 0.5) is 0 Å². The SMILES string of the molecule is O=NCCBr. The average molecular weight is 138 g/mol. The van der Waals surface area contributed by atoms with E-state index in [1.54, 1.807) is 0 Å². The van der Waals surface area contributed by atoms with Crippen LogP contribution in [0.1, 0.15) is 0 Å². The van der Waals surface area contributed by atoms with Gasteiger partial charge in [0.2, 0.25) is 0 Å². The quantitative estimate of drug-likeness (QED) is 0.415. The van der Waals surface area contributed by atoms with Crippen LogP contribution >= 0.6 is 15.9 Å². The van der Waals surface area contributed by atoms with Gasteiger partial charge in [0.1, 0.15) is 0 Å². The Bertz CT molecular complexity index is 30.8. The maximum atomic E-state index is 9.12. The molecule has 3 heteroatoms. The largest absolute Gasteiger partial charge is 0.151 e. The first kappa shape index (κ1) is 5.08. The van der Waals surface area contributed by atoms with E-state index in [4.69, 9.17) is 4.91 Å². The topological polar surface area (TPSA) is 29.4 Å². The van der Waals surface area contributed by atoms with E-state index in [1.165, 1.54) is 0 Å². The van der Waals surface area contributed by atoms with Gasteiger partial charge < -0.3 is 0 Å². The zero-order valence-corrected chi connectivity index (χ0v) is 4.23. The van der Waals surface area contributed by atoms with Gasteiger partial charge in [0, 0.05) is 5.33 Å². The monoisotopic (exact) mass is 137 g/mol. The predicted octanol–water partition coefficient (Wildman–Crippen LogP) is 1.15. The zero-order chi connectivity index (χ0) is 4.12. The predicted molar refractivity (Wildman–Crippen MR) is 24.5 cm³/mol. The first-order valence-electron chi connectivity index (χ1n) is 1.27. The summed E-state index contributed by atoms with van der Waals surface area (Å²) in [5, 5.41) is 3.23. The van der Waals surface area contributed by atoms with Gasteiger partial charge in [-0.25, -0.2) is 0 Å². The Morgan fingerprint density at radius 3 is 2.40 bits per heavy atom. The minimum atomic E-state index is 0.375. The van der Waals surface area contributed by atoms with Crippen LogP contribution in [0.3, 0.4) is 0 Å². The number of nitroso groups, excluding NO2 is 1. The first-order chi connectivity index (χ1) is 2.41. The molecule has 0 rings (SSSR count). The summed E-state index contributed by atoms with van der Waals surface area (Å²) in [6, 6.07) is 0. The molecular formula is C2H4BrNO. The van der Waals surface area contributed by atoms with E-state index in [1.807, 2.05) is 0 Å². The number of halogens is 1. The van der Waals surface area contributed by atoms with Crippen LogP contribution in [-0.2, 0) is 0 Å². The van der Waals surface area contributed by atoms with E-state index in [0.717, 1.165) is 0 Å². The zero-order valence-electron chi connectivity index (χ0n) is 2.65. The van der Waals surface area contributed by atoms with Crippen LogP contribution in [-0.4, -0.2) is 11.9 Å². The smallest absolute Gasteiger partial charge is 0.0907 e. The number of rotatable bonds is 2. The first-order valence-corrected chi connectivity index (χ1v) is 2.39. The van der Waals surface area contributed by atoms with E-state index in [0.29, 0.717) is 11.9 Å². The molecule has 0 heterocycles. The molecule has 5 heavy (non-hydrogen) atoms. The minimum Gasteiger partial charge on any atom is -0.151 e. The molecule has 0 spiro atoms. The molecule has 0 saturated heterocycles. The van der Waals surface area contributed by atoms with Gasteiger partial charge in [-0.1, -0.05) is 21.1 Å². The Morgan fingerprint density at radius 2 is 2.40 bits per heavy atom. The maximum absolute atomic E-state index is 9.12. The van der Waals surface area contributed by atoms with E-state index < -0.39 is 0 Å². The van der Waals surface area contributed by atoms with Crippen molar-refractivity contribution >= 4 is 15.9 Å². The molecule has 0 saturated carbocycles. The second-order valence-electron chi connectivity index (χ2n) is 0.542. The normalized spacial score (nSPS) is 7.40. The summed E-state index contributed by atoms with van der Waals surface area (Å²) in [7, 11) is 0. The van der Waals surface area contributed by atoms with Crippen LogP contribution in [0, 0.1) is 4.91 Å². The molecule has 0 N–H and O–H groups in total. The highest BCUT2D eigenvalue weighted by molar-refractivity contribution is 9.09. The van der Waals surface area contributed by atoms with Crippen LogP contribution < -0.4 is 0 Å². The lowest BCUT2D eigenvalue weighted by molar-refractivity contribution is 1.14. The molecule has 0 amide bonds. The molecule has 0 aliphatic heterocycles. The third-order valence-electron chi connectivity index (χ3n) is 0.176. The van der Waals surface area contributed by atoms with Crippen LogP contribution in [0.15, 0.2) is 5.18 Å². The highest BCUT2D eigenvalue weighted by Gasteiger charge is 1.68. The summed E-state index contributed by atoms with van der Waals surface area (Å²) < 4.78 is 0. The van der Waals surface area contributed by atoms with Crippen molar-refractivity contribution in [1.29, 1.82) is 0 Å². The highest BCUT2D eigenvalue weighted by Crippen LogP contribution is 1.75. The summed E-state index contributed by atoms with van der Waals surface area (Å²) in [4.78, 5) is 9.12. The fraction of sp³-hybridized carbons (Fsp3) is 1.00. The van der Waals surface area contributed by atoms with Crippen molar-refractivity contribution in [2.24, 2.45) is 5.18 Å².